The average molecular weight is 450 g/mol. The molecule has 0 radical (unpaired) electrons. The fourth-order valence-electron chi connectivity index (χ4n) is 2.68. The molecule has 0 bridgehead atoms. The molecule has 1 heterocycles. The molecule has 1 aromatic heterocycles. The van der Waals surface area contributed by atoms with E-state index >= 15 is 0 Å². The molecule has 30 heavy (non-hydrogen) atoms. The molecule has 2 aromatic rings. The molecule has 0 aliphatic rings. The van der Waals surface area contributed by atoms with Crippen molar-refractivity contribution >= 4 is 40.9 Å². The second-order valence-corrected chi connectivity index (χ2v) is 9.25. The Labute approximate surface area is 188 Å². The Balaban J connectivity index is 1.95. The van der Waals surface area contributed by atoms with Crippen molar-refractivity contribution in [2.24, 2.45) is 0 Å². The van der Waals surface area contributed by atoms with E-state index in [1.807, 2.05) is 58.4 Å². The van der Waals surface area contributed by atoms with Crippen molar-refractivity contribution in [1.29, 1.82) is 0 Å². The number of rotatable bonds is 7. The summed E-state index contributed by atoms with van der Waals surface area (Å²) in [7, 11) is 0. The van der Waals surface area contributed by atoms with Crippen LogP contribution in [0.4, 0.5) is 10.5 Å². The predicted octanol–water partition coefficient (Wildman–Crippen LogP) is 4.48. The summed E-state index contributed by atoms with van der Waals surface area (Å²) in [5.41, 5.74) is 2.47. The largest absolute Gasteiger partial charge is 0.444 e. The first-order valence-electron chi connectivity index (χ1n) is 9.92. The lowest BCUT2D eigenvalue weighted by atomic mass is 10.2. The van der Waals surface area contributed by atoms with Gasteiger partial charge in [0.15, 0.2) is 5.11 Å². The van der Waals surface area contributed by atoms with Gasteiger partial charge in [-0.15, -0.1) is 0 Å². The van der Waals surface area contributed by atoms with E-state index < -0.39 is 11.7 Å². The topological polar surface area (TPSA) is 80.2 Å². The van der Waals surface area contributed by atoms with Crippen LogP contribution in [-0.2, 0) is 11.3 Å². The molecule has 1 amide bonds. The number of thiocarbonyl (C=S) groups is 1. The van der Waals surface area contributed by atoms with Crippen LogP contribution in [0, 0.1) is 13.8 Å². The number of benzene rings is 1. The molecule has 164 valence electrons. The first kappa shape index (κ1) is 24.0. The molecule has 0 saturated heterocycles. The van der Waals surface area contributed by atoms with Gasteiger partial charge >= 0.3 is 6.09 Å². The van der Waals surface area contributed by atoms with Gasteiger partial charge in [-0.1, -0.05) is 11.8 Å². The Bertz CT molecular complexity index is 873. The van der Waals surface area contributed by atoms with Crippen LogP contribution >= 0.6 is 24.0 Å². The molecule has 0 atom stereocenters. The smallest absolute Gasteiger partial charge is 0.407 e. The second kappa shape index (κ2) is 10.7. The van der Waals surface area contributed by atoms with E-state index in [0.29, 0.717) is 18.2 Å². The van der Waals surface area contributed by atoms with Crippen molar-refractivity contribution in [3.05, 3.63) is 35.7 Å². The van der Waals surface area contributed by atoms with Crippen molar-refractivity contribution in [3.63, 3.8) is 0 Å². The minimum absolute atomic E-state index is 0.416. The van der Waals surface area contributed by atoms with Gasteiger partial charge in [-0.3, -0.25) is 4.68 Å². The van der Waals surface area contributed by atoms with Crippen LogP contribution < -0.4 is 16.0 Å². The maximum absolute atomic E-state index is 11.8. The van der Waals surface area contributed by atoms with Crippen molar-refractivity contribution in [2.75, 3.05) is 18.4 Å². The first-order chi connectivity index (χ1) is 14.1. The van der Waals surface area contributed by atoms with Crippen LogP contribution in [0.1, 0.15) is 39.1 Å². The van der Waals surface area contributed by atoms with Gasteiger partial charge in [0.05, 0.1) is 17.1 Å². The molecular weight excluding hydrogens is 418 g/mol. The summed E-state index contributed by atoms with van der Waals surface area (Å²) >= 11 is 6.89. The monoisotopic (exact) mass is 449 g/mol. The summed E-state index contributed by atoms with van der Waals surface area (Å²) in [4.78, 5) is 14.0. The Hall–Kier alpha value is -2.26. The summed E-state index contributed by atoms with van der Waals surface area (Å²) in [5.74, 6) is 0. The number of alkyl carbamates (subject to hydrolysis) is 1. The average Bonchev–Trinajstić information content (AvgIpc) is 2.89. The Kier molecular flexibility index (Phi) is 8.54. The molecule has 2 rings (SSSR count). The van der Waals surface area contributed by atoms with Crippen molar-refractivity contribution in [3.8, 4) is 0 Å². The SMILES string of the molecule is CCNC(=S)Nc1ccc(Sc2c(C)nn(CCNC(=O)OC(C)(C)C)c2C)cc1. The minimum Gasteiger partial charge on any atom is -0.444 e. The van der Waals surface area contributed by atoms with E-state index in [0.717, 1.165) is 33.4 Å². The Morgan fingerprint density at radius 2 is 1.87 bits per heavy atom. The van der Waals surface area contributed by atoms with E-state index in [-0.39, 0.29) is 0 Å². The van der Waals surface area contributed by atoms with E-state index in [1.54, 1.807) is 11.8 Å². The van der Waals surface area contributed by atoms with Crippen molar-refractivity contribution in [2.45, 2.75) is 63.5 Å². The Morgan fingerprint density at radius 1 is 1.20 bits per heavy atom. The summed E-state index contributed by atoms with van der Waals surface area (Å²) in [6, 6.07) is 8.13. The quantitative estimate of drug-likeness (QED) is 0.538. The molecule has 0 spiro atoms. The highest BCUT2D eigenvalue weighted by atomic mass is 32.2. The normalized spacial score (nSPS) is 11.1. The van der Waals surface area contributed by atoms with Crippen LogP contribution in [0.2, 0.25) is 0 Å². The van der Waals surface area contributed by atoms with Gasteiger partial charge in [0.1, 0.15) is 5.60 Å². The molecule has 0 fully saturated rings. The highest BCUT2D eigenvalue weighted by Gasteiger charge is 2.16. The number of anilines is 1. The van der Waals surface area contributed by atoms with Crippen LogP contribution in [0.15, 0.2) is 34.1 Å². The lowest BCUT2D eigenvalue weighted by Gasteiger charge is -2.19. The summed E-state index contributed by atoms with van der Waals surface area (Å²) in [6.07, 6.45) is -0.416. The van der Waals surface area contributed by atoms with E-state index in [1.165, 1.54) is 0 Å². The third-order valence-corrected chi connectivity index (χ3v) is 5.53. The minimum atomic E-state index is -0.505. The fraction of sp³-hybridized carbons (Fsp3) is 0.476. The van der Waals surface area contributed by atoms with Gasteiger partial charge in [0.2, 0.25) is 0 Å². The summed E-state index contributed by atoms with van der Waals surface area (Å²) in [6.45, 7) is 13.4. The standard InChI is InChI=1S/C21H31N5O2S2/c1-7-22-19(29)24-16-8-10-17(11-9-16)30-18-14(2)25-26(15(18)3)13-12-23-20(27)28-21(4,5)6/h8-11H,7,12-13H2,1-6H3,(H,23,27)(H2,22,24,29). The van der Waals surface area contributed by atoms with Crippen LogP contribution in [0.25, 0.3) is 0 Å². The molecule has 0 aliphatic heterocycles. The van der Waals surface area contributed by atoms with E-state index in [4.69, 9.17) is 17.0 Å². The van der Waals surface area contributed by atoms with Gasteiger partial charge in [0.25, 0.3) is 0 Å². The van der Waals surface area contributed by atoms with Gasteiger partial charge in [0, 0.05) is 29.4 Å². The van der Waals surface area contributed by atoms with Crippen molar-refractivity contribution < 1.29 is 9.53 Å². The molecular formula is C21H31N5O2S2. The Morgan fingerprint density at radius 3 is 2.47 bits per heavy atom. The molecule has 0 aliphatic carbocycles. The third-order valence-electron chi connectivity index (χ3n) is 3.98. The highest BCUT2D eigenvalue weighted by molar-refractivity contribution is 7.99. The number of carbonyl (C=O) groups excluding carboxylic acids is 1. The maximum atomic E-state index is 11.8. The molecule has 7 nitrogen and oxygen atoms in total. The number of aromatic nitrogens is 2. The third kappa shape index (κ3) is 7.53. The number of hydrogen-bond donors (Lipinski definition) is 3. The zero-order chi connectivity index (χ0) is 22.3. The molecule has 9 heteroatoms. The van der Waals surface area contributed by atoms with E-state index in [9.17, 15) is 4.79 Å². The van der Waals surface area contributed by atoms with Crippen LogP contribution in [-0.4, -0.2) is 39.7 Å². The lowest BCUT2D eigenvalue weighted by molar-refractivity contribution is 0.0525. The number of nitrogens with zero attached hydrogens (tertiary/aromatic N) is 2. The number of ether oxygens (including phenoxy) is 1. The van der Waals surface area contributed by atoms with Crippen molar-refractivity contribution in [1.82, 2.24) is 20.4 Å². The number of nitrogens with one attached hydrogen (secondary N) is 3. The zero-order valence-electron chi connectivity index (χ0n) is 18.5. The summed E-state index contributed by atoms with van der Waals surface area (Å²) < 4.78 is 7.18. The summed E-state index contributed by atoms with van der Waals surface area (Å²) in [5, 5.41) is 14.2. The predicted molar refractivity (Wildman–Crippen MR) is 126 cm³/mol. The molecule has 0 unspecified atom stereocenters. The zero-order valence-corrected chi connectivity index (χ0v) is 20.1. The number of carbonyl (C=O) groups is 1. The number of hydrogen-bond acceptors (Lipinski definition) is 5. The first-order valence-corrected chi connectivity index (χ1v) is 11.1. The van der Waals surface area contributed by atoms with Gasteiger partial charge in [-0.2, -0.15) is 5.10 Å². The lowest BCUT2D eigenvalue weighted by Crippen LogP contribution is -2.34. The van der Waals surface area contributed by atoms with Gasteiger partial charge in [-0.05, 0) is 78.0 Å². The maximum Gasteiger partial charge on any atom is 0.407 e. The van der Waals surface area contributed by atoms with Gasteiger partial charge < -0.3 is 20.7 Å². The van der Waals surface area contributed by atoms with E-state index in [2.05, 4.69) is 33.2 Å². The highest BCUT2D eigenvalue weighted by Crippen LogP contribution is 2.33. The molecule has 0 saturated carbocycles. The molecule has 1 aromatic carbocycles. The van der Waals surface area contributed by atoms with Gasteiger partial charge in [-0.25, -0.2) is 4.79 Å². The number of amides is 1. The second-order valence-electron chi connectivity index (χ2n) is 7.76. The van der Waals surface area contributed by atoms with Crippen LogP contribution in [0.5, 0.6) is 0 Å². The fourth-order valence-corrected chi connectivity index (χ4v) is 3.90. The number of aryl methyl sites for hydroxylation is 1. The van der Waals surface area contributed by atoms with Crippen LogP contribution in [0.3, 0.4) is 0 Å². The molecule has 3 N–H and O–H groups in total.